The second-order valence-corrected chi connectivity index (χ2v) is 10.3. The van der Waals surface area contributed by atoms with Gasteiger partial charge in [0, 0.05) is 24.5 Å². The largest absolute Gasteiger partial charge is 1.00 e. The third kappa shape index (κ3) is 9.17. The molecule has 2 aliphatic rings. The molecule has 244 valence electrons. The molecule has 48 heavy (non-hydrogen) atoms. The molecule has 4 N–H and O–H groups in total. The van der Waals surface area contributed by atoms with Gasteiger partial charge in [0.05, 0.1) is 31.7 Å². The molecule has 0 fully saturated rings. The summed E-state index contributed by atoms with van der Waals surface area (Å²) in [4.78, 5) is 38.2. The van der Waals surface area contributed by atoms with Crippen molar-refractivity contribution >= 4 is 37.1 Å². The molecule has 2 atom stereocenters. The molecular weight excluding hydrogens is 621 g/mol. The van der Waals surface area contributed by atoms with Crippen molar-refractivity contribution in [1.82, 2.24) is 19.9 Å². The Labute approximate surface area is 288 Å². The van der Waals surface area contributed by atoms with E-state index in [1.807, 2.05) is 19.9 Å². The monoisotopic (exact) mass is 652 g/mol. The molecule has 0 radical (unpaired) electrons. The van der Waals surface area contributed by atoms with Gasteiger partial charge in [0.2, 0.25) is 11.8 Å². The number of hydrogen-bond donors (Lipinski definition) is 3. The van der Waals surface area contributed by atoms with E-state index in [2.05, 4.69) is 19.9 Å². The van der Waals surface area contributed by atoms with Crippen LogP contribution >= 0.6 is 0 Å². The molecule has 0 spiro atoms. The number of esters is 1. The van der Waals surface area contributed by atoms with Crippen molar-refractivity contribution in [2.45, 2.75) is 45.8 Å². The first-order chi connectivity index (χ1) is 22.1. The number of carbonyl (C=O) groups excluding carboxylic acids is 1. The van der Waals surface area contributed by atoms with Crippen LogP contribution in [-0.2, 0) is 23.6 Å². The van der Waals surface area contributed by atoms with E-state index in [0.29, 0.717) is 46.4 Å². The second-order valence-electron chi connectivity index (χ2n) is 10.3. The van der Waals surface area contributed by atoms with Gasteiger partial charge < -0.3 is 44.2 Å². The van der Waals surface area contributed by atoms with Gasteiger partial charge in [-0.05, 0) is 78.2 Å². The molecule has 2 unspecified atom stereocenters. The fraction of sp³-hybridized carbons (Fsp3) is 0.267. The Morgan fingerprint density at radius 3 is 1.67 bits per heavy atom. The molecular formula is C30H31B2LiN4O11. The topological polar surface area (TPSA) is 223 Å². The average Bonchev–Trinajstić information content (AvgIpc) is 3.49. The van der Waals surface area contributed by atoms with Crippen LogP contribution in [0, 0.1) is 13.8 Å². The Bertz CT molecular complexity index is 1710. The van der Waals surface area contributed by atoms with E-state index in [-0.39, 0.29) is 43.1 Å². The number of aromatic nitrogens is 4. The summed E-state index contributed by atoms with van der Waals surface area (Å²) in [6, 6.07) is 10.2. The number of hydrogen-bond acceptors (Lipinski definition) is 14. The molecule has 6 rings (SSSR count). The van der Waals surface area contributed by atoms with Crippen molar-refractivity contribution in [2.24, 2.45) is 0 Å². The number of fused-ring (bicyclic) bond motifs is 2. The standard InChI is InChI=1S/C16H17BN2O5.C14H13BN2O5.Li.H2O/c1-3-22-15(20)8-13-16-10(2)6-11(7-12(16)17(21)24-13)23-14-4-5-18-9-19-14;1-8-4-9(21-12-2-3-16-7-17-12)5-10-14(8)11(6-13(18)19)22-15(10)20;;/h4-7,9,13,21H,3,8H2,1-2H3;2-5,7,11,20H,6H2,1H3,(H,18,19);;1H2/q;;+1;/p-1. The van der Waals surface area contributed by atoms with Crippen LogP contribution in [0.4, 0.5) is 0 Å². The molecule has 0 saturated heterocycles. The van der Waals surface area contributed by atoms with E-state index < -0.39 is 32.4 Å². The van der Waals surface area contributed by atoms with E-state index >= 15 is 0 Å². The third-order valence-electron chi connectivity index (χ3n) is 7.12. The minimum absolute atomic E-state index is 0. The summed E-state index contributed by atoms with van der Waals surface area (Å²) >= 11 is 0. The zero-order valence-corrected chi connectivity index (χ0v) is 26.6. The van der Waals surface area contributed by atoms with Crippen molar-refractivity contribution in [3.8, 4) is 23.3 Å². The molecule has 0 amide bonds. The van der Waals surface area contributed by atoms with Gasteiger partial charge in [-0.25, -0.2) is 19.9 Å². The average molecular weight is 652 g/mol. The molecule has 2 aromatic carbocycles. The first kappa shape index (κ1) is 38.1. The van der Waals surface area contributed by atoms with Crippen LogP contribution in [0.3, 0.4) is 0 Å². The molecule has 0 bridgehead atoms. The number of nitrogens with zero attached hydrogens (tertiary/aromatic N) is 4. The Morgan fingerprint density at radius 2 is 1.27 bits per heavy atom. The van der Waals surface area contributed by atoms with Crippen LogP contribution in [0.2, 0.25) is 0 Å². The summed E-state index contributed by atoms with van der Waals surface area (Å²) in [7, 11) is -2.26. The maximum atomic E-state index is 11.7. The van der Waals surface area contributed by atoms with E-state index in [9.17, 15) is 19.6 Å². The molecule has 0 saturated carbocycles. The Balaban J connectivity index is 0.000000251. The number of aryl methyl sites for hydroxylation is 2. The van der Waals surface area contributed by atoms with Crippen molar-refractivity contribution in [3.05, 3.63) is 83.7 Å². The van der Waals surface area contributed by atoms with E-state index in [1.54, 1.807) is 49.6 Å². The predicted octanol–water partition coefficient (Wildman–Crippen LogP) is -1.07. The third-order valence-corrected chi connectivity index (χ3v) is 7.12. The van der Waals surface area contributed by atoms with Crippen LogP contribution in [0.25, 0.3) is 0 Å². The molecule has 18 heteroatoms. The number of carboxylic acid groups (broad SMARTS) is 1. The van der Waals surface area contributed by atoms with Gasteiger partial charge in [0.1, 0.15) is 24.2 Å². The van der Waals surface area contributed by atoms with Crippen LogP contribution in [0.1, 0.15) is 54.2 Å². The minimum atomic E-state index is -1.16. The van der Waals surface area contributed by atoms with Crippen molar-refractivity contribution < 1.29 is 72.6 Å². The summed E-state index contributed by atoms with van der Waals surface area (Å²) in [6.07, 6.45) is 4.58. The SMILES string of the molecule is CCOC(=O)CC1OB(O)c2cc(Oc3ccncn3)cc(C)c21.Cc1cc(Oc2ccncn2)cc2c1C(CC(=O)O)OB2O.[Li+].[OH-]. The van der Waals surface area contributed by atoms with Crippen LogP contribution < -0.4 is 39.3 Å². The van der Waals surface area contributed by atoms with Crippen LogP contribution in [-0.4, -0.2) is 73.3 Å². The zero-order chi connectivity index (χ0) is 32.8. The van der Waals surface area contributed by atoms with Gasteiger partial charge in [-0.3, -0.25) is 9.59 Å². The van der Waals surface area contributed by atoms with Gasteiger partial charge in [0.25, 0.3) is 0 Å². The van der Waals surface area contributed by atoms with Crippen molar-refractivity contribution in [3.63, 3.8) is 0 Å². The molecule has 2 aliphatic heterocycles. The normalized spacial score (nSPS) is 15.5. The summed E-state index contributed by atoms with van der Waals surface area (Å²) in [6.45, 7) is 5.76. The fourth-order valence-electron chi connectivity index (χ4n) is 5.33. The van der Waals surface area contributed by atoms with Gasteiger partial charge in [0.15, 0.2) is 0 Å². The second kappa shape index (κ2) is 17.2. The van der Waals surface area contributed by atoms with Crippen LogP contribution in [0.5, 0.6) is 23.3 Å². The molecule has 0 aliphatic carbocycles. The van der Waals surface area contributed by atoms with Crippen molar-refractivity contribution in [1.29, 1.82) is 0 Å². The van der Waals surface area contributed by atoms with Crippen LogP contribution in [0.15, 0.2) is 61.4 Å². The smallest absolute Gasteiger partial charge is 0.870 e. The van der Waals surface area contributed by atoms with Gasteiger partial charge >= 0.3 is 45.0 Å². The Morgan fingerprint density at radius 1 is 0.812 bits per heavy atom. The fourth-order valence-corrected chi connectivity index (χ4v) is 5.33. The van der Waals surface area contributed by atoms with E-state index in [1.165, 1.54) is 12.7 Å². The summed E-state index contributed by atoms with van der Waals surface area (Å²) in [5.41, 5.74) is 4.27. The van der Waals surface area contributed by atoms with E-state index in [0.717, 1.165) is 16.7 Å². The maximum absolute atomic E-state index is 11.7. The first-order valence-electron chi connectivity index (χ1n) is 14.3. The number of benzene rings is 2. The number of aliphatic carboxylic acids is 1. The summed E-state index contributed by atoms with van der Waals surface area (Å²) in [5, 5.41) is 29.1. The molecule has 4 aromatic rings. The predicted molar refractivity (Wildman–Crippen MR) is 165 cm³/mol. The first-order valence-corrected chi connectivity index (χ1v) is 14.3. The number of ether oxygens (including phenoxy) is 3. The van der Waals surface area contributed by atoms with E-state index in [4.69, 9.17) is 28.6 Å². The quantitative estimate of drug-likeness (QED) is 0.145. The summed E-state index contributed by atoms with van der Waals surface area (Å²) < 4.78 is 27.1. The van der Waals surface area contributed by atoms with Gasteiger partial charge in [-0.15, -0.1) is 0 Å². The number of carbonyl (C=O) groups is 2. The number of rotatable bonds is 9. The number of carboxylic acids is 1. The van der Waals surface area contributed by atoms with Gasteiger partial charge in [-0.2, -0.15) is 0 Å². The molecule has 2 aromatic heterocycles. The molecule has 15 nitrogen and oxygen atoms in total. The summed E-state index contributed by atoms with van der Waals surface area (Å²) in [5.74, 6) is 0.470. The zero-order valence-electron chi connectivity index (χ0n) is 26.6. The van der Waals surface area contributed by atoms with Crippen molar-refractivity contribution in [2.75, 3.05) is 6.61 Å². The molecule has 4 heterocycles. The Kier molecular flexibility index (Phi) is 13.6. The van der Waals surface area contributed by atoms with Gasteiger partial charge in [-0.1, -0.05) is 0 Å². The Hall–Kier alpha value is -4.33. The minimum Gasteiger partial charge on any atom is -0.870 e. The maximum Gasteiger partial charge on any atom is 1.00 e.